The molecule has 0 aromatic carbocycles. The van der Waals surface area contributed by atoms with Crippen molar-refractivity contribution in [3.8, 4) is 0 Å². The van der Waals surface area contributed by atoms with E-state index in [9.17, 15) is 10.1 Å². The fourth-order valence-corrected chi connectivity index (χ4v) is 0.999. The topological polar surface area (TPSA) is 55.5 Å². The molecule has 1 fully saturated rings. The van der Waals surface area contributed by atoms with Crippen molar-refractivity contribution in [1.29, 1.82) is 0 Å². The predicted octanol–water partition coefficient (Wildman–Crippen LogP) is 1.19. The first kappa shape index (κ1) is 6.19. The Balaban J connectivity index is 2.49. The minimum absolute atomic E-state index is 0.610. The van der Waals surface area contributed by atoms with Crippen LogP contribution in [0.3, 0.4) is 0 Å². The van der Waals surface area contributed by atoms with Crippen LogP contribution in [0.4, 0.5) is 0 Å². The molecule has 9 heavy (non-hydrogen) atoms. The highest BCUT2D eigenvalue weighted by atomic mass is 16.7. The van der Waals surface area contributed by atoms with E-state index in [0.29, 0.717) is 0 Å². The molecule has 4 nitrogen and oxygen atoms in total. The van der Waals surface area contributed by atoms with Gasteiger partial charge in [-0.25, -0.2) is 10.1 Å². The monoisotopic (exact) mass is 128 g/mol. The summed E-state index contributed by atoms with van der Waals surface area (Å²) in [4.78, 5) is 9.77. The standard InChI is InChI=1S/C5H8N2O2/c8-7(9)6-5-3-1-2-4-5/h1-4H2. The lowest BCUT2D eigenvalue weighted by Gasteiger charge is -1.82. The van der Waals surface area contributed by atoms with Crippen LogP contribution in [0.25, 0.3) is 0 Å². The van der Waals surface area contributed by atoms with Crippen molar-refractivity contribution in [3.63, 3.8) is 0 Å². The first-order valence-corrected chi connectivity index (χ1v) is 3.00. The summed E-state index contributed by atoms with van der Waals surface area (Å²) in [5.41, 5.74) is 0.750. The second-order valence-corrected chi connectivity index (χ2v) is 2.11. The molecule has 1 rings (SSSR count). The molecule has 0 bridgehead atoms. The van der Waals surface area contributed by atoms with Gasteiger partial charge in [-0.2, -0.15) is 0 Å². The van der Waals surface area contributed by atoms with Crippen LogP contribution in [0, 0.1) is 10.1 Å². The maximum absolute atomic E-state index is 9.77. The molecule has 0 aliphatic heterocycles. The number of hydrogen-bond acceptors (Lipinski definition) is 2. The van der Waals surface area contributed by atoms with Crippen LogP contribution in [0.15, 0.2) is 5.10 Å². The molecule has 0 amide bonds. The largest absolute Gasteiger partial charge is 0.233 e. The summed E-state index contributed by atoms with van der Waals surface area (Å²) in [7, 11) is 0. The van der Waals surface area contributed by atoms with Crippen LogP contribution in [0.5, 0.6) is 0 Å². The molecule has 1 saturated carbocycles. The summed E-state index contributed by atoms with van der Waals surface area (Å²) < 4.78 is 0. The van der Waals surface area contributed by atoms with Crippen molar-refractivity contribution < 1.29 is 5.03 Å². The summed E-state index contributed by atoms with van der Waals surface area (Å²) in [5, 5.41) is 12.4. The molecular formula is C5H8N2O2. The van der Waals surface area contributed by atoms with Gasteiger partial charge in [0.2, 0.25) is 0 Å². The highest BCUT2D eigenvalue weighted by Gasteiger charge is 2.11. The zero-order valence-corrected chi connectivity index (χ0v) is 5.04. The summed E-state index contributed by atoms with van der Waals surface area (Å²) in [6.45, 7) is 0. The van der Waals surface area contributed by atoms with E-state index >= 15 is 0 Å². The normalized spacial score (nSPS) is 18.0. The van der Waals surface area contributed by atoms with E-state index in [1.54, 1.807) is 0 Å². The molecule has 50 valence electrons. The lowest BCUT2D eigenvalue weighted by atomic mass is 10.3. The Bertz CT molecular complexity index is 145. The number of rotatable bonds is 1. The van der Waals surface area contributed by atoms with Gasteiger partial charge in [0.15, 0.2) is 5.03 Å². The smallest absolute Gasteiger partial charge is 0.190 e. The van der Waals surface area contributed by atoms with Crippen LogP contribution in [0.1, 0.15) is 25.7 Å². The molecule has 4 heteroatoms. The Kier molecular flexibility index (Phi) is 1.77. The van der Waals surface area contributed by atoms with Gasteiger partial charge >= 0.3 is 0 Å². The Morgan fingerprint density at radius 3 is 2.44 bits per heavy atom. The number of nitrogens with zero attached hydrogens (tertiary/aromatic N) is 2. The van der Waals surface area contributed by atoms with E-state index in [0.717, 1.165) is 31.4 Å². The first-order valence-electron chi connectivity index (χ1n) is 3.00. The highest BCUT2D eigenvalue weighted by molar-refractivity contribution is 5.85. The first-order chi connectivity index (χ1) is 4.29. The molecule has 0 aromatic heterocycles. The molecule has 0 spiro atoms. The zero-order valence-electron chi connectivity index (χ0n) is 5.04. The Labute approximate surface area is 52.7 Å². The van der Waals surface area contributed by atoms with Gasteiger partial charge in [-0.05, 0) is 25.7 Å². The van der Waals surface area contributed by atoms with E-state index in [1.165, 1.54) is 0 Å². The van der Waals surface area contributed by atoms with Gasteiger partial charge in [-0.1, -0.05) is 0 Å². The molecule has 1 aliphatic rings. The summed E-state index contributed by atoms with van der Waals surface area (Å²) in [6, 6.07) is 0. The van der Waals surface area contributed by atoms with Crippen molar-refractivity contribution in [2.45, 2.75) is 25.7 Å². The second kappa shape index (κ2) is 2.57. The summed E-state index contributed by atoms with van der Waals surface area (Å²) in [6.07, 6.45) is 3.77. The van der Waals surface area contributed by atoms with Crippen LogP contribution in [-0.2, 0) is 0 Å². The van der Waals surface area contributed by atoms with Crippen LogP contribution < -0.4 is 0 Å². The molecule has 0 unspecified atom stereocenters. The van der Waals surface area contributed by atoms with E-state index in [-0.39, 0.29) is 0 Å². The number of nitro groups is 1. The predicted molar refractivity (Wildman–Crippen MR) is 32.9 cm³/mol. The van der Waals surface area contributed by atoms with Crippen molar-refractivity contribution in [1.82, 2.24) is 0 Å². The molecule has 0 radical (unpaired) electrons. The molecule has 0 N–H and O–H groups in total. The molecule has 0 saturated heterocycles. The average molecular weight is 128 g/mol. The van der Waals surface area contributed by atoms with Crippen molar-refractivity contribution in [2.24, 2.45) is 5.10 Å². The maximum atomic E-state index is 9.77. The lowest BCUT2D eigenvalue weighted by molar-refractivity contribution is -0.485. The van der Waals surface area contributed by atoms with E-state index in [2.05, 4.69) is 5.10 Å². The van der Waals surface area contributed by atoms with Crippen LogP contribution in [-0.4, -0.2) is 10.7 Å². The zero-order chi connectivity index (χ0) is 6.69. The lowest BCUT2D eigenvalue weighted by Crippen LogP contribution is -1.94. The Morgan fingerprint density at radius 2 is 2.00 bits per heavy atom. The maximum Gasteiger partial charge on any atom is 0.190 e. The van der Waals surface area contributed by atoms with E-state index < -0.39 is 5.03 Å². The summed E-state index contributed by atoms with van der Waals surface area (Å²) in [5.74, 6) is 0. The third kappa shape index (κ3) is 1.79. The summed E-state index contributed by atoms with van der Waals surface area (Å²) >= 11 is 0. The minimum Gasteiger partial charge on any atom is -0.233 e. The van der Waals surface area contributed by atoms with Crippen molar-refractivity contribution >= 4 is 5.71 Å². The third-order valence-electron chi connectivity index (χ3n) is 1.40. The minimum atomic E-state index is -0.610. The van der Waals surface area contributed by atoms with Gasteiger partial charge in [0, 0.05) is 0 Å². The molecule has 1 aliphatic carbocycles. The Hall–Kier alpha value is -0.930. The van der Waals surface area contributed by atoms with Gasteiger partial charge in [-0.3, -0.25) is 0 Å². The number of hydrazone groups is 1. The molecule has 0 aromatic rings. The van der Waals surface area contributed by atoms with E-state index in [4.69, 9.17) is 0 Å². The third-order valence-corrected chi connectivity index (χ3v) is 1.40. The van der Waals surface area contributed by atoms with Gasteiger partial charge < -0.3 is 0 Å². The van der Waals surface area contributed by atoms with Crippen molar-refractivity contribution in [3.05, 3.63) is 10.1 Å². The van der Waals surface area contributed by atoms with Crippen LogP contribution >= 0.6 is 0 Å². The van der Waals surface area contributed by atoms with Gasteiger partial charge in [0.1, 0.15) is 0 Å². The van der Waals surface area contributed by atoms with E-state index in [1.807, 2.05) is 0 Å². The fourth-order valence-electron chi connectivity index (χ4n) is 0.999. The molecule has 0 atom stereocenters. The second-order valence-electron chi connectivity index (χ2n) is 2.11. The van der Waals surface area contributed by atoms with Gasteiger partial charge in [0.25, 0.3) is 0 Å². The van der Waals surface area contributed by atoms with Crippen LogP contribution in [0.2, 0.25) is 0 Å². The van der Waals surface area contributed by atoms with Gasteiger partial charge in [0.05, 0.1) is 10.8 Å². The van der Waals surface area contributed by atoms with Gasteiger partial charge in [-0.15, -0.1) is 0 Å². The molecular weight excluding hydrogens is 120 g/mol. The quantitative estimate of drug-likeness (QED) is 0.393. The Morgan fingerprint density at radius 1 is 1.44 bits per heavy atom. The number of hydrogen-bond donors (Lipinski definition) is 0. The molecule has 0 heterocycles. The SMILES string of the molecule is O=[N+]([O-])N=C1CCCC1. The fraction of sp³-hybridized carbons (Fsp3) is 0.800. The highest BCUT2D eigenvalue weighted by Crippen LogP contribution is 2.14. The van der Waals surface area contributed by atoms with Crippen molar-refractivity contribution in [2.75, 3.05) is 0 Å². The average Bonchev–Trinajstić information content (AvgIpc) is 2.15.